The van der Waals surface area contributed by atoms with Crippen LogP contribution in [0.3, 0.4) is 0 Å². The van der Waals surface area contributed by atoms with Gasteiger partial charge in [0.2, 0.25) is 0 Å². The van der Waals surface area contributed by atoms with Crippen LogP contribution in [0.2, 0.25) is 0 Å². The predicted octanol–water partition coefficient (Wildman–Crippen LogP) is -0.0532. The molecule has 0 rings (SSSR count). The van der Waals surface area contributed by atoms with Crippen LogP contribution in [0.15, 0.2) is 0 Å². The Balaban J connectivity index is -0.0000000450. The highest BCUT2D eigenvalue weighted by atomic mass is 35.8. The van der Waals surface area contributed by atoms with E-state index in [2.05, 4.69) is 0 Å². The molecule has 0 fully saturated rings. The highest BCUT2D eigenvalue weighted by molar-refractivity contribution is 7.54. The van der Waals surface area contributed by atoms with E-state index >= 15 is 0 Å². The zero-order chi connectivity index (χ0) is 3.58. The van der Waals surface area contributed by atoms with Crippen LogP contribution in [0.5, 0.6) is 0 Å². The summed E-state index contributed by atoms with van der Waals surface area (Å²) in [5.74, 6) is 0. The van der Waals surface area contributed by atoms with Gasteiger partial charge in [-0.3, -0.25) is 0 Å². The van der Waals surface area contributed by atoms with Crippen molar-refractivity contribution in [3.05, 3.63) is 0 Å². The molecule has 0 aromatic heterocycles. The summed E-state index contributed by atoms with van der Waals surface area (Å²) in [7, 11) is 14.8. The lowest BCUT2D eigenvalue weighted by Gasteiger charge is -1.57. The van der Waals surface area contributed by atoms with Crippen LogP contribution in [0.1, 0.15) is 0 Å². The summed E-state index contributed by atoms with van der Waals surface area (Å²) in [6, 6.07) is 0. The molecule has 0 bridgehead atoms. The standard InChI is InChI=1S/Al.3ClH.Mg.H2O.2H/h;3*1H;;1H2;;/q+3;;;;;;;/p-3. The zero-order valence-corrected chi connectivity index (χ0v) is 5.63. The van der Waals surface area contributed by atoms with Gasteiger partial charge in [-0.05, 0) is 0 Å². The number of halogens is 3. The van der Waals surface area contributed by atoms with Crippen LogP contribution in [0, 0.1) is 0 Å². The maximum Gasteiger partial charge on any atom is 0.643 e. The quantitative estimate of drug-likeness (QED) is 0.465. The van der Waals surface area contributed by atoms with Gasteiger partial charge in [-0.15, -0.1) is 0 Å². The first-order chi connectivity index (χ1) is 1.73. The lowest BCUT2D eigenvalue weighted by atomic mass is 16.0. The Morgan fingerprint density at radius 3 is 1.00 bits per heavy atom. The Morgan fingerprint density at radius 2 is 1.00 bits per heavy atom. The molecule has 0 radical (unpaired) electrons. The summed E-state index contributed by atoms with van der Waals surface area (Å²) >= 11 is -1.72. The fourth-order valence-corrected chi connectivity index (χ4v) is 0. The van der Waals surface area contributed by atoms with Crippen molar-refractivity contribution in [2.45, 2.75) is 0 Å². The van der Waals surface area contributed by atoms with Crippen LogP contribution in [0.25, 0.3) is 0 Å². The number of rotatable bonds is 0. The van der Waals surface area contributed by atoms with E-state index in [1.807, 2.05) is 0 Å². The third-order valence-corrected chi connectivity index (χ3v) is 0. The summed E-state index contributed by atoms with van der Waals surface area (Å²) in [6.07, 6.45) is 0. The van der Waals surface area contributed by atoms with Crippen molar-refractivity contribution in [1.82, 2.24) is 0 Å². The molecule has 0 aliphatic carbocycles. The van der Waals surface area contributed by atoms with Crippen molar-refractivity contribution in [3.63, 3.8) is 0 Å². The van der Waals surface area contributed by atoms with Gasteiger partial charge in [0.25, 0.3) is 0 Å². The van der Waals surface area contributed by atoms with E-state index in [1.165, 1.54) is 0 Å². The third-order valence-electron chi connectivity index (χ3n) is 0. The van der Waals surface area contributed by atoms with E-state index in [1.54, 1.807) is 0 Å². The Hall–Kier alpha value is 2.13. The minimum Gasteiger partial charge on any atom is -0.412 e. The van der Waals surface area contributed by atoms with E-state index in [-0.39, 0.29) is 28.5 Å². The highest BCUT2D eigenvalue weighted by Gasteiger charge is 2.00. The van der Waals surface area contributed by atoms with Gasteiger partial charge in [0.1, 0.15) is 0 Å². The average Bonchev–Trinajstić information content (AvgIpc) is 0.811. The highest BCUT2D eigenvalue weighted by Crippen LogP contribution is 1.97. The van der Waals surface area contributed by atoms with Gasteiger partial charge in [0, 0.05) is 0 Å². The van der Waals surface area contributed by atoms with Gasteiger partial charge in [-0.1, -0.05) is 0 Å². The van der Waals surface area contributed by atoms with Crippen LogP contribution >= 0.6 is 30.1 Å². The second kappa shape index (κ2) is 10.2. The largest absolute Gasteiger partial charge is 0.643 e. The summed E-state index contributed by atoms with van der Waals surface area (Å²) < 4.78 is 0. The van der Waals surface area contributed by atoms with E-state index in [9.17, 15) is 0 Å². The van der Waals surface area contributed by atoms with E-state index < -0.39 is 11.4 Å². The molecular formula is H4AlCl3MgO. The molecule has 0 spiro atoms. The van der Waals surface area contributed by atoms with E-state index in [0.29, 0.717) is 0 Å². The zero-order valence-electron chi connectivity index (χ0n) is 2.21. The van der Waals surface area contributed by atoms with Crippen molar-refractivity contribution in [3.8, 4) is 0 Å². The molecule has 0 atom stereocenters. The molecule has 6 heavy (non-hydrogen) atoms. The normalized spacial score (nSPS) is 4.50. The van der Waals surface area contributed by atoms with Gasteiger partial charge in [-0.25, -0.2) is 30.1 Å². The second-order valence-electron chi connectivity index (χ2n) is 0.247. The first kappa shape index (κ1) is 15.7. The first-order valence-electron chi connectivity index (χ1n) is 0.655. The van der Waals surface area contributed by atoms with Gasteiger partial charge >= 0.3 is 34.4 Å². The van der Waals surface area contributed by atoms with E-state index in [0.717, 1.165) is 0 Å². The fourth-order valence-electron chi connectivity index (χ4n) is 0. The van der Waals surface area contributed by atoms with Gasteiger partial charge in [0.05, 0.1) is 0 Å². The maximum absolute atomic E-state index is 4.94. The lowest BCUT2D eigenvalue weighted by molar-refractivity contribution is 0.824. The maximum atomic E-state index is 4.94. The van der Waals surface area contributed by atoms with Crippen LogP contribution in [-0.4, -0.2) is 39.9 Å². The van der Waals surface area contributed by atoms with Crippen molar-refractivity contribution >= 4 is 64.6 Å². The number of hydrogen-bond donors (Lipinski definition) is 0. The molecule has 0 heterocycles. The molecule has 1 nitrogen and oxygen atoms in total. The van der Waals surface area contributed by atoms with Crippen molar-refractivity contribution in [1.29, 1.82) is 0 Å². The Morgan fingerprint density at radius 1 is 1.00 bits per heavy atom. The van der Waals surface area contributed by atoms with Crippen molar-refractivity contribution < 1.29 is 5.48 Å². The lowest BCUT2D eigenvalue weighted by Crippen LogP contribution is -1.66. The minimum absolute atomic E-state index is 0. The second-order valence-corrected chi connectivity index (χ2v) is 6.68. The van der Waals surface area contributed by atoms with Crippen molar-refractivity contribution in [2.24, 2.45) is 0 Å². The molecule has 36 valence electrons. The minimum atomic E-state index is -1.72. The summed E-state index contributed by atoms with van der Waals surface area (Å²) in [5.41, 5.74) is 0. The summed E-state index contributed by atoms with van der Waals surface area (Å²) in [5, 5.41) is 0. The Kier molecular flexibility index (Phi) is 26.6. The molecule has 0 saturated carbocycles. The predicted molar refractivity (Wildman–Crippen MR) is 35.5 cm³/mol. The monoisotopic (exact) mass is 176 g/mol. The first-order valence-corrected chi connectivity index (χ1v) is 5.89. The molecule has 0 aliphatic heterocycles. The molecule has 2 N–H and O–H groups in total. The molecule has 0 aromatic carbocycles. The molecule has 0 unspecified atom stereocenters. The fraction of sp³-hybridized carbons (Fsp3) is 0. The smallest absolute Gasteiger partial charge is 0.412 e. The average molecular weight is 178 g/mol. The van der Waals surface area contributed by atoms with Crippen LogP contribution < -0.4 is 0 Å². The molecule has 0 aliphatic rings. The Labute approximate surface area is 69.4 Å². The van der Waals surface area contributed by atoms with Crippen molar-refractivity contribution in [2.75, 3.05) is 0 Å². The summed E-state index contributed by atoms with van der Waals surface area (Å²) in [6.45, 7) is 0. The molecule has 6 heteroatoms. The van der Waals surface area contributed by atoms with Gasteiger partial charge in [0.15, 0.2) is 0 Å². The Bertz CT molecular complexity index is 15.5. The molecule has 0 saturated heterocycles. The molecule has 0 aromatic rings. The van der Waals surface area contributed by atoms with Crippen LogP contribution in [0.4, 0.5) is 0 Å². The van der Waals surface area contributed by atoms with E-state index in [4.69, 9.17) is 30.1 Å². The van der Waals surface area contributed by atoms with Gasteiger partial charge in [-0.2, -0.15) is 0 Å². The molecule has 0 amide bonds. The number of hydrogen-bond acceptors (Lipinski definition) is 0. The topological polar surface area (TPSA) is 31.5 Å². The third kappa shape index (κ3) is 35.6. The van der Waals surface area contributed by atoms with Crippen LogP contribution in [-0.2, 0) is 0 Å². The SMILES string of the molecule is O.[Cl][Al]([Cl])[Cl].[MgH2]. The molecular weight excluding hydrogens is 174 g/mol. The summed E-state index contributed by atoms with van der Waals surface area (Å²) in [4.78, 5) is 0. The van der Waals surface area contributed by atoms with Gasteiger partial charge < -0.3 is 5.48 Å².